The average molecular weight is 530 g/mol. The number of benzene rings is 4. The van der Waals surface area contributed by atoms with Gasteiger partial charge >= 0.3 is 0 Å². The molecule has 8 heteroatoms. The summed E-state index contributed by atoms with van der Waals surface area (Å²) in [6, 6.07) is 32.5. The molecule has 0 saturated heterocycles. The molecule has 0 saturated carbocycles. The van der Waals surface area contributed by atoms with Gasteiger partial charge in [-0.2, -0.15) is 0 Å². The lowest BCUT2D eigenvalue weighted by atomic mass is 10.1. The van der Waals surface area contributed by atoms with Gasteiger partial charge in [0.25, 0.3) is 0 Å². The Morgan fingerprint density at radius 2 is 1.43 bits per heavy atom. The van der Waals surface area contributed by atoms with E-state index in [9.17, 15) is 4.79 Å². The van der Waals surface area contributed by atoms with E-state index in [2.05, 4.69) is 16.0 Å². The molecule has 0 spiro atoms. The van der Waals surface area contributed by atoms with Gasteiger partial charge in [-0.3, -0.25) is 4.79 Å². The first-order chi connectivity index (χ1) is 18.1. The van der Waals surface area contributed by atoms with E-state index in [0.717, 1.165) is 21.8 Å². The fraction of sp³-hybridized carbons (Fsp3) is 0.103. The Morgan fingerprint density at radius 1 is 0.757 bits per heavy atom. The van der Waals surface area contributed by atoms with Gasteiger partial charge in [0, 0.05) is 22.3 Å². The third-order valence-corrected chi connectivity index (χ3v) is 6.83. The van der Waals surface area contributed by atoms with E-state index < -0.39 is 5.25 Å². The molecule has 0 aliphatic carbocycles. The lowest BCUT2D eigenvalue weighted by Crippen LogP contribution is -2.20. The van der Waals surface area contributed by atoms with Gasteiger partial charge in [0.1, 0.15) is 16.7 Å². The summed E-state index contributed by atoms with van der Waals surface area (Å²) in [6.45, 7) is 0. The lowest BCUT2D eigenvalue weighted by molar-refractivity contribution is -0.115. The number of carbonyl (C=O) groups is 1. The molecule has 1 unspecified atom stereocenters. The number of carbonyl (C=O) groups excluding carboxylic acids is 1. The van der Waals surface area contributed by atoms with Gasteiger partial charge in [0.15, 0.2) is 5.11 Å². The monoisotopic (exact) mass is 529 g/mol. The highest BCUT2D eigenvalue weighted by atomic mass is 32.2. The number of hydrogen-bond acceptors (Lipinski definition) is 5. The fourth-order valence-electron chi connectivity index (χ4n) is 3.61. The molecule has 188 valence electrons. The first kappa shape index (κ1) is 26.1. The van der Waals surface area contributed by atoms with Crippen molar-refractivity contribution >= 4 is 52.1 Å². The number of amides is 1. The number of methoxy groups -OCH3 is 2. The Hall–Kier alpha value is -4.01. The van der Waals surface area contributed by atoms with Gasteiger partial charge < -0.3 is 25.4 Å². The van der Waals surface area contributed by atoms with Crippen LogP contribution in [0.15, 0.2) is 108 Å². The van der Waals surface area contributed by atoms with Crippen molar-refractivity contribution in [1.82, 2.24) is 0 Å². The molecule has 4 aromatic rings. The van der Waals surface area contributed by atoms with Crippen LogP contribution < -0.4 is 25.4 Å². The number of nitrogens with one attached hydrogen (secondary N) is 3. The quantitative estimate of drug-likeness (QED) is 0.159. The van der Waals surface area contributed by atoms with E-state index in [1.807, 2.05) is 84.9 Å². The highest BCUT2D eigenvalue weighted by Crippen LogP contribution is 2.38. The number of ether oxygens (including phenoxy) is 2. The van der Waals surface area contributed by atoms with Crippen molar-refractivity contribution in [3.05, 3.63) is 109 Å². The number of rotatable bonds is 9. The Labute approximate surface area is 226 Å². The highest BCUT2D eigenvalue weighted by Gasteiger charge is 2.23. The summed E-state index contributed by atoms with van der Waals surface area (Å²) in [7, 11) is 3.15. The molecule has 37 heavy (non-hydrogen) atoms. The fourth-order valence-corrected chi connectivity index (χ4v) is 4.93. The second-order valence-electron chi connectivity index (χ2n) is 7.94. The number of anilines is 3. The van der Waals surface area contributed by atoms with E-state index in [1.54, 1.807) is 32.4 Å². The summed E-state index contributed by atoms with van der Waals surface area (Å²) in [5.74, 6) is 0.998. The first-order valence-corrected chi connectivity index (χ1v) is 12.8. The Balaban J connectivity index is 1.53. The summed E-state index contributed by atoms with van der Waals surface area (Å²) in [4.78, 5) is 14.5. The van der Waals surface area contributed by atoms with Crippen LogP contribution in [0.5, 0.6) is 11.5 Å². The molecule has 0 aromatic heterocycles. The number of para-hydroxylation sites is 1. The van der Waals surface area contributed by atoms with Crippen LogP contribution in [0.4, 0.5) is 17.1 Å². The molecular formula is C29H27N3O3S2. The standard InChI is InChI=1S/C29H27N3O3S2/c1-34-23-16-17-26(35-2)25(19-23)32-28(33)27(20-10-5-3-6-11-20)37-24-15-9-14-22(18-24)31-29(36)30-21-12-7-4-8-13-21/h3-19,27H,1-2H3,(H,32,33)(H2,30,31,36). The zero-order valence-corrected chi connectivity index (χ0v) is 22.1. The molecule has 0 fully saturated rings. The zero-order valence-electron chi connectivity index (χ0n) is 20.4. The van der Waals surface area contributed by atoms with Crippen LogP contribution in [0.1, 0.15) is 10.8 Å². The number of thiocarbonyl (C=S) groups is 1. The Kier molecular flexibility index (Phi) is 9.02. The van der Waals surface area contributed by atoms with Crippen molar-refractivity contribution in [3.8, 4) is 11.5 Å². The minimum Gasteiger partial charge on any atom is -0.497 e. The predicted octanol–water partition coefficient (Wildman–Crippen LogP) is 6.98. The predicted molar refractivity (Wildman–Crippen MR) is 156 cm³/mol. The van der Waals surface area contributed by atoms with Crippen LogP contribution in [-0.4, -0.2) is 25.2 Å². The molecule has 1 amide bonds. The van der Waals surface area contributed by atoms with Crippen molar-refractivity contribution in [2.75, 3.05) is 30.2 Å². The van der Waals surface area contributed by atoms with Crippen LogP contribution in [0.25, 0.3) is 0 Å². The smallest absolute Gasteiger partial charge is 0.242 e. The minimum absolute atomic E-state index is 0.178. The molecule has 1 atom stereocenters. The Bertz CT molecular complexity index is 1350. The summed E-state index contributed by atoms with van der Waals surface area (Å²) >= 11 is 6.92. The third kappa shape index (κ3) is 7.25. The third-order valence-electron chi connectivity index (χ3n) is 5.38. The topological polar surface area (TPSA) is 71.6 Å². The second kappa shape index (κ2) is 12.8. The van der Waals surface area contributed by atoms with Crippen molar-refractivity contribution in [2.45, 2.75) is 10.1 Å². The molecule has 0 bridgehead atoms. The van der Waals surface area contributed by atoms with Gasteiger partial charge in [0.05, 0.1) is 19.9 Å². The summed E-state index contributed by atoms with van der Waals surface area (Å²) in [5.41, 5.74) is 3.15. The highest BCUT2D eigenvalue weighted by molar-refractivity contribution is 8.00. The van der Waals surface area contributed by atoms with E-state index in [4.69, 9.17) is 21.7 Å². The maximum atomic E-state index is 13.6. The molecule has 3 N–H and O–H groups in total. The summed E-state index contributed by atoms with van der Waals surface area (Å²) in [5, 5.41) is 9.37. The number of thioether (sulfide) groups is 1. The second-order valence-corrected chi connectivity index (χ2v) is 9.52. The van der Waals surface area contributed by atoms with E-state index in [1.165, 1.54) is 11.8 Å². The molecule has 6 nitrogen and oxygen atoms in total. The molecule has 0 radical (unpaired) electrons. The first-order valence-electron chi connectivity index (χ1n) is 11.5. The van der Waals surface area contributed by atoms with Crippen molar-refractivity contribution < 1.29 is 14.3 Å². The Morgan fingerprint density at radius 3 is 2.14 bits per heavy atom. The molecule has 0 heterocycles. The van der Waals surface area contributed by atoms with Gasteiger partial charge in [-0.1, -0.05) is 54.6 Å². The maximum Gasteiger partial charge on any atom is 0.242 e. The van der Waals surface area contributed by atoms with Gasteiger partial charge in [-0.25, -0.2) is 0 Å². The largest absolute Gasteiger partial charge is 0.497 e. The van der Waals surface area contributed by atoms with Crippen LogP contribution in [0.3, 0.4) is 0 Å². The molecule has 4 aromatic carbocycles. The molecule has 0 aliphatic heterocycles. The summed E-state index contributed by atoms with van der Waals surface area (Å²) in [6.07, 6.45) is 0. The zero-order chi connectivity index (χ0) is 26.0. The van der Waals surface area contributed by atoms with E-state index >= 15 is 0 Å². The SMILES string of the molecule is COc1ccc(OC)c(NC(=O)C(Sc2cccc(NC(=S)Nc3ccccc3)c2)c2ccccc2)c1. The van der Waals surface area contributed by atoms with E-state index in [0.29, 0.717) is 22.3 Å². The van der Waals surface area contributed by atoms with Crippen molar-refractivity contribution in [1.29, 1.82) is 0 Å². The van der Waals surface area contributed by atoms with Crippen LogP contribution >= 0.6 is 24.0 Å². The lowest BCUT2D eigenvalue weighted by Gasteiger charge is -2.19. The van der Waals surface area contributed by atoms with Crippen molar-refractivity contribution in [2.24, 2.45) is 0 Å². The normalized spacial score (nSPS) is 11.2. The molecule has 4 rings (SSSR count). The van der Waals surface area contributed by atoms with Crippen molar-refractivity contribution in [3.63, 3.8) is 0 Å². The van der Waals surface area contributed by atoms with Crippen LogP contribution in [0, 0.1) is 0 Å². The van der Waals surface area contributed by atoms with Crippen LogP contribution in [-0.2, 0) is 4.79 Å². The van der Waals surface area contributed by atoms with Gasteiger partial charge in [0.2, 0.25) is 5.91 Å². The average Bonchev–Trinajstić information content (AvgIpc) is 2.92. The minimum atomic E-state index is -0.512. The van der Waals surface area contributed by atoms with E-state index in [-0.39, 0.29) is 5.91 Å². The molecule has 0 aliphatic rings. The van der Waals surface area contributed by atoms with Gasteiger partial charge in [-0.15, -0.1) is 11.8 Å². The maximum absolute atomic E-state index is 13.6. The van der Waals surface area contributed by atoms with Crippen LogP contribution in [0.2, 0.25) is 0 Å². The summed E-state index contributed by atoms with van der Waals surface area (Å²) < 4.78 is 10.8. The molecular weight excluding hydrogens is 502 g/mol. The van der Waals surface area contributed by atoms with Gasteiger partial charge in [-0.05, 0) is 60.2 Å². The number of hydrogen-bond donors (Lipinski definition) is 3.